The van der Waals surface area contributed by atoms with Gasteiger partial charge in [-0.15, -0.1) is 11.3 Å². The third-order valence-corrected chi connectivity index (χ3v) is 6.46. The number of hydrogen-bond donors (Lipinski definition) is 1. The van der Waals surface area contributed by atoms with E-state index < -0.39 is 0 Å². The van der Waals surface area contributed by atoms with E-state index in [1.165, 1.54) is 0 Å². The number of hydrogen-bond acceptors (Lipinski definition) is 4. The quantitative estimate of drug-likeness (QED) is 0.700. The number of aromatic nitrogens is 1. The standard InChI is InChI=1S/C22H25N3O3S/c1-24-17-9-11-29-20(17)12-18(24)22(27)25-10-5-7-16(14-25)21(26)23-13-15-6-3-4-8-19(15)28-2/h3-4,6,8-9,11-12,16H,5,7,10,13-14H2,1-2H3,(H,23,26)/t16-/m0/s1. The fourth-order valence-electron chi connectivity index (χ4n) is 3.97. The predicted octanol–water partition coefficient (Wildman–Crippen LogP) is 3.42. The fraction of sp³-hybridized carbons (Fsp3) is 0.364. The summed E-state index contributed by atoms with van der Waals surface area (Å²) < 4.78 is 8.40. The van der Waals surface area contributed by atoms with Gasteiger partial charge in [0.25, 0.3) is 5.91 Å². The zero-order chi connectivity index (χ0) is 20.4. The van der Waals surface area contributed by atoms with Crippen molar-refractivity contribution < 1.29 is 14.3 Å². The SMILES string of the molecule is COc1ccccc1CNC(=O)[C@H]1CCCN(C(=O)c2cc3sccc3n2C)C1. The van der Waals surface area contributed by atoms with Crippen molar-refractivity contribution >= 4 is 33.4 Å². The highest BCUT2D eigenvalue weighted by atomic mass is 32.1. The Balaban J connectivity index is 1.41. The summed E-state index contributed by atoms with van der Waals surface area (Å²) in [7, 11) is 3.54. The van der Waals surface area contributed by atoms with E-state index in [2.05, 4.69) is 5.32 Å². The van der Waals surface area contributed by atoms with Crippen molar-refractivity contribution in [3.05, 3.63) is 53.0 Å². The van der Waals surface area contributed by atoms with E-state index in [1.54, 1.807) is 18.4 Å². The van der Waals surface area contributed by atoms with Crippen LogP contribution in [0.4, 0.5) is 0 Å². The molecule has 1 fully saturated rings. The second kappa shape index (κ2) is 8.29. The van der Waals surface area contributed by atoms with Crippen LogP contribution in [0, 0.1) is 5.92 Å². The number of nitrogens with one attached hydrogen (secondary N) is 1. The van der Waals surface area contributed by atoms with E-state index in [9.17, 15) is 9.59 Å². The van der Waals surface area contributed by atoms with E-state index in [1.807, 2.05) is 58.3 Å². The summed E-state index contributed by atoms with van der Waals surface area (Å²) in [6.45, 7) is 1.56. The van der Waals surface area contributed by atoms with Crippen LogP contribution in [0.15, 0.2) is 41.8 Å². The summed E-state index contributed by atoms with van der Waals surface area (Å²) >= 11 is 1.63. The van der Waals surface area contributed by atoms with Crippen molar-refractivity contribution in [3.63, 3.8) is 0 Å². The van der Waals surface area contributed by atoms with E-state index in [4.69, 9.17) is 4.74 Å². The lowest BCUT2D eigenvalue weighted by molar-refractivity contribution is -0.126. The lowest BCUT2D eigenvalue weighted by Crippen LogP contribution is -2.45. The van der Waals surface area contributed by atoms with Crippen LogP contribution in [0.25, 0.3) is 10.2 Å². The largest absolute Gasteiger partial charge is 0.496 e. The monoisotopic (exact) mass is 411 g/mol. The third-order valence-electron chi connectivity index (χ3n) is 5.61. The molecule has 0 unspecified atom stereocenters. The normalized spacial score (nSPS) is 16.8. The first kappa shape index (κ1) is 19.5. The molecular formula is C22H25N3O3S. The Hall–Kier alpha value is -2.80. The topological polar surface area (TPSA) is 63.6 Å². The van der Waals surface area contributed by atoms with Crippen molar-refractivity contribution in [3.8, 4) is 5.75 Å². The first-order valence-corrected chi connectivity index (χ1v) is 10.7. The zero-order valence-corrected chi connectivity index (χ0v) is 17.5. The molecular weight excluding hydrogens is 386 g/mol. The van der Waals surface area contributed by atoms with Crippen molar-refractivity contribution in [2.45, 2.75) is 19.4 Å². The molecule has 0 saturated carbocycles. The zero-order valence-electron chi connectivity index (χ0n) is 16.7. The molecule has 2 aromatic heterocycles. The lowest BCUT2D eigenvalue weighted by Gasteiger charge is -2.32. The van der Waals surface area contributed by atoms with Gasteiger partial charge in [0, 0.05) is 32.2 Å². The summed E-state index contributed by atoms with van der Waals surface area (Å²) in [5, 5.41) is 5.04. The predicted molar refractivity (Wildman–Crippen MR) is 114 cm³/mol. The van der Waals surface area contributed by atoms with Gasteiger partial charge in [0.05, 0.1) is 23.2 Å². The Kier molecular flexibility index (Phi) is 5.58. The van der Waals surface area contributed by atoms with Crippen LogP contribution in [-0.2, 0) is 18.4 Å². The van der Waals surface area contributed by atoms with Gasteiger partial charge in [0.15, 0.2) is 0 Å². The average molecular weight is 412 g/mol. The van der Waals surface area contributed by atoms with E-state index in [0.717, 1.165) is 34.4 Å². The first-order valence-electron chi connectivity index (χ1n) is 9.80. The Labute approximate surface area is 174 Å². The molecule has 1 aromatic carbocycles. The van der Waals surface area contributed by atoms with Gasteiger partial charge < -0.3 is 19.5 Å². The Morgan fingerprint density at radius 3 is 2.90 bits per heavy atom. The second-order valence-electron chi connectivity index (χ2n) is 7.38. The Morgan fingerprint density at radius 2 is 2.10 bits per heavy atom. The molecule has 152 valence electrons. The molecule has 29 heavy (non-hydrogen) atoms. The number of benzene rings is 1. The molecule has 3 heterocycles. The summed E-state index contributed by atoms with van der Waals surface area (Å²) in [6, 6.07) is 11.6. The molecule has 0 spiro atoms. The number of para-hydroxylation sites is 1. The Bertz CT molecular complexity index is 1040. The van der Waals surface area contributed by atoms with Crippen LogP contribution in [0.5, 0.6) is 5.75 Å². The number of amides is 2. The van der Waals surface area contributed by atoms with E-state index in [-0.39, 0.29) is 17.7 Å². The fourth-order valence-corrected chi connectivity index (χ4v) is 4.82. The minimum Gasteiger partial charge on any atom is -0.496 e. The van der Waals surface area contributed by atoms with E-state index in [0.29, 0.717) is 25.3 Å². The molecule has 1 aliphatic rings. The number of carbonyl (C=O) groups is 2. The molecule has 2 amide bonds. The van der Waals surface area contributed by atoms with Crippen molar-refractivity contribution in [1.29, 1.82) is 0 Å². The smallest absolute Gasteiger partial charge is 0.270 e. The molecule has 4 rings (SSSR count). The number of thiophene rings is 1. The lowest BCUT2D eigenvalue weighted by atomic mass is 9.96. The van der Waals surface area contributed by atoms with Gasteiger partial charge in [-0.1, -0.05) is 18.2 Å². The molecule has 6 nitrogen and oxygen atoms in total. The number of ether oxygens (including phenoxy) is 1. The summed E-state index contributed by atoms with van der Waals surface area (Å²) in [4.78, 5) is 27.6. The number of piperidine rings is 1. The minimum absolute atomic E-state index is 0.00173. The number of aryl methyl sites for hydroxylation is 1. The molecule has 3 aromatic rings. The Morgan fingerprint density at radius 1 is 1.28 bits per heavy atom. The van der Waals surface area contributed by atoms with Gasteiger partial charge in [-0.2, -0.15) is 0 Å². The number of nitrogens with zero attached hydrogens (tertiary/aromatic N) is 2. The number of methoxy groups -OCH3 is 1. The van der Waals surface area contributed by atoms with E-state index >= 15 is 0 Å². The molecule has 0 aliphatic carbocycles. The van der Waals surface area contributed by atoms with Crippen molar-refractivity contribution in [2.24, 2.45) is 13.0 Å². The molecule has 7 heteroatoms. The molecule has 1 N–H and O–H groups in total. The molecule has 0 radical (unpaired) electrons. The minimum atomic E-state index is -0.191. The van der Waals surface area contributed by atoms with Gasteiger partial charge in [-0.25, -0.2) is 0 Å². The summed E-state index contributed by atoms with van der Waals surface area (Å²) in [5.41, 5.74) is 2.69. The molecule has 1 atom stereocenters. The van der Waals surface area contributed by atoms with Crippen LogP contribution in [0.2, 0.25) is 0 Å². The number of carbonyl (C=O) groups excluding carboxylic acids is 2. The van der Waals surface area contributed by atoms with Crippen molar-refractivity contribution in [1.82, 2.24) is 14.8 Å². The number of fused-ring (bicyclic) bond motifs is 1. The maximum absolute atomic E-state index is 13.1. The van der Waals surface area contributed by atoms with Crippen molar-refractivity contribution in [2.75, 3.05) is 20.2 Å². The highest BCUT2D eigenvalue weighted by Crippen LogP contribution is 2.26. The molecule has 0 bridgehead atoms. The number of likely N-dealkylation sites (tertiary alicyclic amines) is 1. The van der Waals surface area contributed by atoms with Crippen LogP contribution in [-0.4, -0.2) is 41.5 Å². The highest BCUT2D eigenvalue weighted by molar-refractivity contribution is 7.17. The van der Waals surface area contributed by atoms with Gasteiger partial charge in [0.1, 0.15) is 11.4 Å². The van der Waals surface area contributed by atoms with Gasteiger partial charge in [-0.3, -0.25) is 9.59 Å². The maximum Gasteiger partial charge on any atom is 0.270 e. The van der Waals surface area contributed by atoms with Crippen LogP contribution >= 0.6 is 11.3 Å². The molecule has 1 saturated heterocycles. The van der Waals surface area contributed by atoms with Gasteiger partial charge in [0.2, 0.25) is 5.91 Å². The highest BCUT2D eigenvalue weighted by Gasteiger charge is 2.30. The second-order valence-corrected chi connectivity index (χ2v) is 8.33. The average Bonchev–Trinajstić information content (AvgIpc) is 3.34. The summed E-state index contributed by atoms with van der Waals surface area (Å²) in [5.74, 6) is 0.556. The van der Waals surface area contributed by atoms with Crippen LogP contribution in [0.1, 0.15) is 28.9 Å². The number of rotatable bonds is 5. The van der Waals surface area contributed by atoms with Crippen LogP contribution < -0.4 is 10.1 Å². The third kappa shape index (κ3) is 3.87. The first-order chi connectivity index (χ1) is 14.1. The molecule has 1 aliphatic heterocycles. The van der Waals surface area contributed by atoms with Crippen LogP contribution in [0.3, 0.4) is 0 Å². The van der Waals surface area contributed by atoms with Gasteiger partial charge >= 0.3 is 0 Å². The maximum atomic E-state index is 13.1. The summed E-state index contributed by atoms with van der Waals surface area (Å²) in [6.07, 6.45) is 1.63. The van der Waals surface area contributed by atoms with Gasteiger partial charge in [-0.05, 0) is 36.4 Å².